The second-order valence-electron chi connectivity index (χ2n) is 8.09. The van der Waals surface area contributed by atoms with Crippen LogP contribution in [0.5, 0.6) is 0 Å². The molecule has 6 nitrogen and oxygen atoms in total. The van der Waals surface area contributed by atoms with E-state index in [4.69, 9.17) is 5.41 Å². The summed E-state index contributed by atoms with van der Waals surface area (Å²) in [5.74, 6) is 0.696. The molecular formula is C21H26FN5O. The summed E-state index contributed by atoms with van der Waals surface area (Å²) in [6, 6.07) is 5.71. The van der Waals surface area contributed by atoms with Crippen LogP contribution in [0.3, 0.4) is 0 Å². The van der Waals surface area contributed by atoms with E-state index in [2.05, 4.69) is 9.88 Å². The predicted octanol–water partition coefficient (Wildman–Crippen LogP) is 2.95. The molecule has 4 heterocycles. The number of aryl methyl sites for hydroxylation is 2. The number of carbonyl (C=O) groups excluding carboxylic acids is 1. The van der Waals surface area contributed by atoms with Crippen LogP contribution in [0.1, 0.15) is 42.1 Å². The zero-order valence-electron chi connectivity index (χ0n) is 16.4. The number of amides is 1. The topological polar surface area (TPSA) is 65.2 Å². The van der Waals surface area contributed by atoms with E-state index in [-0.39, 0.29) is 12.5 Å². The molecule has 2 aromatic heterocycles. The van der Waals surface area contributed by atoms with Gasteiger partial charge in [0.05, 0.1) is 12.1 Å². The molecule has 1 saturated heterocycles. The van der Waals surface area contributed by atoms with Gasteiger partial charge >= 0.3 is 0 Å². The quantitative estimate of drug-likeness (QED) is 0.867. The molecule has 1 N–H and O–H groups in total. The second-order valence-corrected chi connectivity index (χ2v) is 8.09. The molecule has 2 aliphatic rings. The maximum atomic E-state index is 14.3. The highest BCUT2D eigenvalue weighted by Crippen LogP contribution is 2.32. The molecule has 0 aromatic carbocycles. The van der Waals surface area contributed by atoms with Crippen LogP contribution in [0, 0.1) is 5.41 Å². The molecule has 7 heteroatoms. The zero-order valence-corrected chi connectivity index (χ0v) is 16.4. The fourth-order valence-corrected chi connectivity index (χ4v) is 4.11. The Bertz CT molecular complexity index is 968. The first-order valence-corrected chi connectivity index (χ1v) is 9.80. The molecule has 1 unspecified atom stereocenters. The fourth-order valence-electron chi connectivity index (χ4n) is 4.11. The maximum absolute atomic E-state index is 14.3. The molecule has 28 heavy (non-hydrogen) atoms. The van der Waals surface area contributed by atoms with Crippen LogP contribution in [0.4, 0.5) is 15.9 Å². The van der Waals surface area contributed by atoms with Gasteiger partial charge in [-0.3, -0.25) is 10.2 Å². The van der Waals surface area contributed by atoms with Gasteiger partial charge in [0.25, 0.3) is 5.91 Å². The van der Waals surface area contributed by atoms with Gasteiger partial charge in [-0.1, -0.05) is 0 Å². The monoisotopic (exact) mass is 383 g/mol. The smallest absolute Gasteiger partial charge is 0.255 e. The van der Waals surface area contributed by atoms with E-state index in [1.165, 1.54) is 0 Å². The standard InChI is InChI=1S/C21H26FN5O/c1-21(22)7-4-8-26(14-21)20(28)16-11-15-5-3-9-27(19(15)24-13-16)17-6-10-25(2)18(23)12-17/h6,10-13,23H,3-5,7-9,14H2,1-2H3. The number of nitrogens with one attached hydrogen (secondary N) is 1. The molecular weight excluding hydrogens is 357 g/mol. The van der Waals surface area contributed by atoms with E-state index in [0.717, 1.165) is 36.5 Å². The van der Waals surface area contributed by atoms with Crippen molar-refractivity contribution >= 4 is 17.4 Å². The van der Waals surface area contributed by atoms with Gasteiger partial charge in [-0.15, -0.1) is 0 Å². The zero-order chi connectivity index (χ0) is 19.9. The molecule has 4 rings (SSSR count). The van der Waals surface area contributed by atoms with Crippen molar-refractivity contribution < 1.29 is 9.18 Å². The third-order valence-corrected chi connectivity index (χ3v) is 5.65. The number of rotatable bonds is 2. The van der Waals surface area contributed by atoms with Gasteiger partial charge in [-0.25, -0.2) is 9.37 Å². The van der Waals surface area contributed by atoms with Crippen LogP contribution in [0.25, 0.3) is 0 Å². The van der Waals surface area contributed by atoms with E-state index in [0.29, 0.717) is 30.4 Å². The fraction of sp³-hybridized carbons (Fsp3) is 0.476. The minimum atomic E-state index is -1.32. The van der Waals surface area contributed by atoms with E-state index < -0.39 is 5.67 Å². The molecule has 2 aromatic rings. The van der Waals surface area contributed by atoms with Gasteiger partial charge in [0, 0.05) is 44.3 Å². The average Bonchev–Trinajstić information content (AvgIpc) is 2.68. The normalized spacial score (nSPS) is 22.1. The summed E-state index contributed by atoms with van der Waals surface area (Å²) >= 11 is 0. The summed E-state index contributed by atoms with van der Waals surface area (Å²) in [5, 5.41) is 8.03. The van der Waals surface area contributed by atoms with Crippen LogP contribution in [0.15, 0.2) is 30.6 Å². The van der Waals surface area contributed by atoms with Crippen LogP contribution >= 0.6 is 0 Å². The van der Waals surface area contributed by atoms with Gasteiger partial charge < -0.3 is 14.4 Å². The largest absolute Gasteiger partial charge is 0.336 e. The number of aromatic nitrogens is 2. The maximum Gasteiger partial charge on any atom is 0.255 e. The van der Waals surface area contributed by atoms with Crippen LogP contribution in [-0.4, -0.2) is 45.7 Å². The van der Waals surface area contributed by atoms with Crippen molar-refractivity contribution in [3.63, 3.8) is 0 Å². The molecule has 1 atom stereocenters. The lowest BCUT2D eigenvalue weighted by atomic mass is 9.96. The number of halogens is 1. The molecule has 0 spiro atoms. The van der Waals surface area contributed by atoms with E-state index in [1.54, 1.807) is 22.6 Å². The van der Waals surface area contributed by atoms with Gasteiger partial charge in [-0.05, 0) is 50.3 Å². The van der Waals surface area contributed by atoms with Gasteiger partial charge in [0.2, 0.25) is 0 Å². The minimum absolute atomic E-state index is 0.141. The van der Waals surface area contributed by atoms with E-state index in [1.807, 2.05) is 31.4 Å². The second kappa shape index (κ2) is 7.04. The van der Waals surface area contributed by atoms with Crippen LogP contribution in [0.2, 0.25) is 0 Å². The van der Waals surface area contributed by atoms with Crippen molar-refractivity contribution in [1.29, 1.82) is 5.41 Å². The van der Waals surface area contributed by atoms with E-state index in [9.17, 15) is 9.18 Å². The molecule has 0 bridgehead atoms. The number of anilines is 2. The lowest BCUT2D eigenvalue weighted by Gasteiger charge is -2.35. The van der Waals surface area contributed by atoms with Crippen molar-refractivity contribution in [3.8, 4) is 0 Å². The Morgan fingerprint density at radius 1 is 1.29 bits per heavy atom. The summed E-state index contributed by atoms with van der Waals surface area (Å²) in [6.45, 7) is 3.12. The van der Waals surface area contributed by atoms with Crippen molar-refractivity contribution in [1.82, 2.24) is 14.5 Å². The highest BCUT2D eigenvalue weighted by Gasteiger charge is 2.33. The number of hydrogen-bond acceptors (Lipinski definition) is 4. The van der Waals surface area contributed by atoms with Gasteiger partial charge in [0.15, 0.2) is 0 Å². The minimum Gasteiger partial charge on any atom is -0.336 e. The number of fused-ring (bicyclic) bond motifs is 1. The van der Waals surface area contributed by atoms with Crippen LogP contribution < -0.4 is 10.4 Å². The Morgan fingerprint density at radius 3 is 2.86 bits per heavy atom. The Hall–Kier alpha value is -2.70. The number of carbonyl (C=O) groups is 1. The summed E-state index contributed by atoms with van der Waals surface area (Å²) in [6.07, 6.45) is 6.47. The summed E-state index contributed by atoms with van der Waals surface area (Å²) in [4.78, 5) is 21.2. The summed E-state index contributed by atoms with van der Waals surface area (Å²) in [5.41, 5.74) is 1.59. The Kier molecular flexibility index (Phi) is 4.69. The Labute approximate surface area is 164 Å². The van der Waals surface area contributed by atoms with Crippen LogP contribution in [-0.2, 0) is 13.5 Å². The van der Waals surface area contributed by atoms with E-state index >= 15 is 0 Å². The van der Waals surface area contributed by atoms with Crippen molar-refractivity contribution in [2.24, 2.45) is 7.05 Å². The average molecular weight is 383 g/mol. The molecule has 1 fully saturated rings. The van der Waals surface area contributed by atoms with Crippen molar-refractivity contribution in [2.75, 3.05) is 24.5 Å². The first-order chi connectivity index (χ1) is 13.3. The number of piperidine rings is 1. The molecule has 0 radical (unpaired) electrons. The summed E-state index contributed by atoms with van der Waals surface area (Å²) < 4.78 is 16.1. The Morgan fingerprint density at radius 2 is 2.11 bits per heavy atom. The Balaban J connectivity index is 1.62. The third-order valence-electron chi connectivity index (χ3n) is 5.65. The van der Waals surface area contributed by atoms with Crippen molar-refractivity contribution in [2.45, 2.75) is 38.3 Å². The number of likely N-dealkylation sites (tertiary alicyclic amines) is 1. The number of hydrogen-bond donors (Lipinski definition) is 1. The molecule has 1 amide bonds. The van der Waals surface area contributed by atoms with Gasteiger partial charge in [0.1, 0.15) is 17.0 Å². The highest BCUT2D eigenvalue weighted by atomic mass is 19.1. The number of pyridine rings is 2. The number of alkyl halides is 1. The molecule has 148 valence electrons. The lowest BCUT2D eigenvalue weighted by Crippen LogP contribution is -2.46. The third kappa shape index (κ3) is 3.53. The first kappa shape index (κ1) is 18.7. The summed E-state index contributed by atoms with van der Waals surface area (Å²) in [7, 11) is 1.84. The van der Waals surface area contributed by atoms with Gasteiger partial charge in [-0.2, -0.15) is 0 Å². The predicted molar refractivity (Wildman–Crippen MR) is 105 cm³/mol. The highest BCUT2D eigenvalue weighted by molar-refractivity contribution is 5.94. The SMILES string of the molecule is Cn1ccc(N2CCCc3cc(C(=O)N4CCCC(C)(F)C4)cnc32)cc1=N. The molecule has 2 aliphatic heterocycles. The number of nitrogens with zero attached hydrogens (tertiary/aromatic N) is 4. The first-order valence-electron chi connectivity index (χ1n) is 9.80. The molecule has 0 saturated carbocycles. The van der Waals surface area contributed by atoms with Crippen molar-refractivity contribution in [3.05, 3.63) is 47.2 Å². The lowest BCUT2D eigenvalue weighted by molar-refractivity contribution is 0.0417. The molecule has 0 aliphatic carbocycles.